The number of carboxylic acids is 1. The van der Waals surface area contributed by atoms with Crippen molar-refractivity contribution in [2.75, 3.05) is 32.7 Å². The summed E-state index contributed by atoms with van der Waals surface area (Å²) in [5.41, 5.74) is 2.53. The van der Waals surface area contributed by atoms with E-state index in [0.717, 1.165) is 30.7 Å². The van der Waals surface area contributed by atoms with Crippen LogP contribution < -0.4 is 0 Å². The summed E-state index contributed by atoms with van der Waals surface area (Å²) in [5, 5.41) is 8.96. The molecule has 1 saturated heterocycles. The number of nitrogens with zero attached hydrogens (tertiary/aromatic N) is 2. The van der Waals surface area contributed by atoms with Crippen LogP contribution in [0.25, 0.3) is 0 Å². The lowest BCUT2D eigenvalue weighted by molar-refractivity contribution is -0.138. The molecule has 4 nitrogen and oxygen atoms in total. The molecule has 1 aliphatic rings. The zero-order chi connectivity index (χ0) is 16.9. The van der Waals surface area contributed by atoms with Crippen LogP contribution in [0.5, 0.6) is 0 Å². The molecule has 0 amide bonds. The Hall–Kier alpha value is -1.11. The summed E-state index contributed by atoms with van der Waals surface area (Å²) in [6.07, 6.45) is 0. The maximum Gasteiger partial charge on any atom is 0.317 e. The van der Waals surface area contributed by atoms with Gasteiger partial charge in [-0.3, -0.25) is 14.6 Å². The number of hydrogen-bond donors (Lipinski definition) is 1. The monoisotopic (exact) mass is 460 g/mol. The van der Waals surface area contributed by atoms with E-state index in [1.165, 1.54) is 11.1 Å². The van der Waals surface area contributed by atoms with Crippen LogP contribution in [-0.4, -0.2) is 53.6 Å². The molecule has 0 bridgehead atoms. The third-order valence-corrected chi connectivity index (χ3v) is 4.96. The third-order valence-electron chi connectivity index (χ3n) is 4.43. The van der Waals surface area contributed by atoms with Crippen molar-refractivity contribution in [2.45, 2.75) is 6.04 Å². The number of piperazine rings is 1. The van der Waals surface area contributed by atoms with Gasteiger partial charge in [0.25, 0.3) is 0 Å². The second-order valence-electron chi connectivity index (χ2n) is 6.07. The number of halogens is 3. The van der Waals surface area contributed by atoms with Crippen molar-refractivity contribution >= 4 is 46.7 Å². The first-order chi connectivity index (χ1) is 11.6. The summed E-state index contributed by atoms with van der Waals surface area (Å²) in [4.78, 5) is 15.3. The average Bonchev–Trinajstić information content (AvgIpc) is 2.59. The second-order valence-corrected chi connectivity index (χ2v) is 6.99. The standard InChI is InChI=1S/C19H21BrN2O2.2ClH/c20-17-8-6-16(7-9-17)19(15-4-2-1-3-5-15)22-12-10-21(11-13-22)14-18(23)24;;/h1-9,19H,10-14H2,(H,23,24);2*1H/t19-;;/m0../s1. The first-order valence-corrected chi connectivity index (χ1v) is 8.91. The number of carboxylic acid groups (broad SMARTS) is 1. The number of carbonyl (C=O) groups is 1. The Morgan fingerprint density at radius 3 is 2.00 bits per heavy atom. The van der Waals surface area contributed by atoms with Crippen molar-refractivity contribution in [3.8, 4) is 0 Å². The summed E-state index contributed by atoms with van der Waals surface area (Å²) in [6.45, 7) is 3.42. The molecule has 0 aliphatic carbocycles. The molecule has 1 aliphatic heterocycles. The molecule has 0 unspecified atom stereocenters. The Balaban J connectivity index is 0.00000169. The van der Waals surface area contributed by atoms with E-state index in [1.807, 2.05) is 11.0 Å². The number of aliphatic carboxylic acids is 1. The van der Waals surface area contributed by atoms with Gasteiger partial charge >= 0.3 is 5.97 Å². The smallest absolute Gasteiger partial charge is 0.317 e. The summed E-state index contributed by atoms with van der Waals surface area (Å²) in [6, 6.07) is 19.2. The highest BCUT2D eigenvalue weighted by Gasteiger charge is 2.26. The highest BCUT2D eigenvalue weighted by molar-refractivity contribution is 9.10. The van der Waals surface area contributed by atoms with Gasteiger partial charge in [-0.15, -0.1) is 24.8 Å². The van der Waals surface area contributed by atoms with E-state index in [1.54, 1.807) is 0 Å². The average molecular weight is 462 g/mol. The molecule has 1 heterocycles. The van der Waals surface area contributed by atoms with Crippen LogP contribution in [0.15, 0.2) is 59.1 Å². The minimum atomic E-state index is -0.754. The highest BCUT2D eigenvalue weighted by Crippen LogP contribution is 2.30. The van der Waals surface area contributed by atoms with Crippen LogP contribution >= 0.6 is 40.7 Å². The topological polar surface area (TPSA) is 43.8 Å². The maximum atomic E-state index is 10.9. The van der Waals surface area contributed by atoms with Gasteiger partial charge in [0.2, 0.25) is 0 Å². The molecule has 26 heavy (non-hydrogen) atoms. The van der Waals surface area contributed by atoms with E-state index in [4.69, 9.17) is 5.11 Å². The summed E-state index contributed by atoms with van der Waals surface area (Å²) < 4.78 is 1.07. The number of benzene rings is 2. The fraction of sp³-hybridized carbons (Fsp3) is 0.316. The first kappa shape index (κ1) is 22.9. The predicted octanol–water partition coefficient (Wildman–Crippen LogP) is 4.08. The van der Waals surface area contributed by atoms with Gasteiger partial charge in [0, 0.05) is 30.7 Å². The largest absolute Gasteiger partial charge is 0.480 e. The summed E-state index contributed by atoms with van der Waals surface area (Å²) in [7, 11) is 0. The van der Waals surface area contributed by atoms with Crippen LogP contribution in [0, 0.1) is 0 Å². The summed E-state index contributed by atoms with van der Waals surface area (Å²) >= 11 is 3.50. The molecule has 142 valence electrons. The molecule has 0 aromatic heterocycles. The van der Waals surface area contributed by atoms with E-state index >= 15 is 0 Å². The quantitative estimate of drug-likeness (QED) is 0.728. The van der Waals surface area contributed by atoms with Crippen molar-refractivity contribution in [1.29, 1.82) is 0 Å². The Morgan fingerprint density at radius 1 is 0.923 bits per heavy atom. The van der Waals surface area contributed by atoms with Gasteiger partial charge in [0.05, 0.1) is 12.6 Å². The van der Waals surface area contributed by atoms with Gasteiger partial charge < -0.3 is 5.11 Å². The Kier molecular flexibility index (Phi) is 9.61. The highest BCUT2D eigenvalue weighted by atomic mass is 79.9. The van der Waals surface area contributed by atoms with E-state index in [-0.39, 0.29) is 37.4 Å². The van der Waals surface area contributed by atoms with Crippen molar-refractivity contribution in [3.63, 3.8) is 0 Å². The van der Waals surface area contributed by atoms with Crippen LogP contribution in [0.3, 0.4) is 0 Å². The van der Waals surface area contributed by atoms with Crippen molar-refractivity contribution in [1.82, 2.24) is 9.80 Å². The lowest BCUT2D eigenvalue weighted by atomic mass is 9.96. The number of hydrogen-bond acceptors (Lipinski definition) is 3. The fourth-order valence-corrected chi connectivity index (χ4v) is 3.53. The van der Waals surface area contributed by atoms with Gasteiger partial charge in [-0.25, -0.2) is 0 Å². The van der Waals surface area contributed by atoms with Crippen LogP contribution in [0.2, 0.25) is 0 Å². The molecule has 2 aromatic rings. The lowest BCUT2D eigenvalue weighted by Crippen LogP contribution is -2.49. The maximum absolute atomic E-state index is 10.9. The van der Waals surface area contributed by atoms with Crippen molar-refractivity contribution in [3.05, 3.63) is 70.2 Å². The van der Waals surface area contributed by atoms with E-state index < -0.39 is 5.97 Å². The molecule has 0 radical (unpaired) electrons. The van der Waals surface area contributed by atoms with Gasteiger partial charge in [0.15, 0.2) is 0 Å². The SMILES string of the molecule is Cl.Cl.O=C(O)CN1CCN([C@@H](c2ccccc2)c2ccc(Br)cc2)CC1. The minimum absolute atomic E-state index is 0. The van der Waals surface area contributed by atoms with Crippen LogP contribution in [-0.2, 0) is 4.79 Å². The van der Waals surface area contributed by atoms with Gasteiger partial charge in [-0.1, -0.05) is 58.4 Å². The molecular formula is C19H23BrCl2N2O2. The van der Waals surface area contributed by atoms with Gasteiger partial charge in [0.1, 0.15) is 0 Å². The van der Waals surface area contributed by atoms with Gasteiger partial charge in [-0.05, 0) is 23.3 Å². The minimum Gasteiger partial charge on any atom is -0.480 e. The zero-order valence-corrected chi connectivity index (χ0v) is 17.5. The molecule has 1 fully saturated rings. The molecule has 3 rings (SSSR count). The van der Waals surface area contributed by atoms with Gasteiger partial charge in [-0.2, -0.15) is 0 Å². The molecule has 0 saturated carbocycles. The molecule has 1 atom stereocenters. The fourth-order valence-electron chi connectivity index (χ4n) is 3.27. The van der Waals surface area contributed by atoms with Crippen molar-refractivity contribution in [2.24, 2.45) is 0 Å². The van der Waals surface area contributed by atoms with Crippen molar-refractivity contribution < 1.29 is 9.90 Å². The van der Waals surface area contributed by atoms with E-state index in [0.29, 0.717) is 0 Å². The second kappa shape index (κ2) is 10.9. The predicted molar refractivity (Wildman–Crippen MR) is 113 cm³/mol. The molecule has 1 N–H and O–H groups in total. The summed E-state index contributed by atoms with van der Waals surface area (Å²) in [5.74, 6) is -0.754. The lowest BCUT2D eigenvalue weighted by Gasteiger charge is -2.39. The first-order valence-electron chi connectivity index (χ1n) is 8.12. The zero-order valence-electron chi connectivity index (χ0n) is 14.3. The van der Waals surface area contributed by atoms with Crippen LogP contribution in [0.4, 0.5) is 0 Å². The third kappa shape index (κ3) is 5.96. The molecular weight excluding hydrogens is 439 g/mol. The van der Waals surface area contributed by atoms with Crippen LogP contribution in [0.1, 0.15) is 17.2 Å². The molecule has 0 spiro atoms. The van der Waals surface area contributed by atoms with E-state index in [2.05, 4.69) is 69.4 Å². The normalized spacial score (nSPS) is 16.2. The Labute approximate surface area is 175 Å². The molecule has 7 heteroatoms. The Bertz CT molecular complexity index is 678. The van der Waals surface area contributed by atoms with E-state index in [9.17, 15) is 4.79 Å². The Morgan fingerprint density at radius 2 is 1.46 bits per heavy atom. The molecule has 2 aromatic carbocycles. The number of rotatable bonds is 5.